The van der Waals surface area contributed by atoms with Crippen molar-refractivity contribution in [1.82, 2.24) is 15.6 Å². The average molecular weight is 353 g/mol. The molecule has 24 heavy (non-hydrogen) atoms. The Morgan fingerprint density at radius 2 is 2.17 bits per heavy atom. The number of guanidine groups is 1. The van der Waals surface area contributed by atoms with E-state index in [9.17, 15) is 0 Å². The van der Waals surface area contributed by atoms with Gasteiger partial charge < -0.3 is 15.4 Å². The number of nitrogens with zero attached hydrogens (tertiary/aromatic N) is 2. The topological polar surface area (TPSA) is 58.5 Å². The minimum atomic E-state index is 0.374. The van der Waals surface area contributed by atoms with Gasteiger partial charge in [0.2, 0.25) is 0 Å². The number of thiazole rings is 1. The van der Waals surface area contributed by atoms with Crippen molar-refractivity contribution in [2.45, 2.75) is 51.9 Å². The molecule has 1 aliphatic carbocycles. The van der Waals surface area contributed by atoms with Gasteiger partial charge in [0.25, 0.3) is 0 Å². The maximum absolute atomic E-state index is 5.31. The van der Waals surface area contributed by atoms with Crippen LogP contribution < -0.4 is 10.6 Å². The first-order valence-electron chi connectivity index (χ1n) is 9.08. The zero-order chi connectivity index (χ0) is 17.3. The Morgan fingerprint density at radius 3 is 2.79 bits per heavy atom. The quantitative estimate of drug-likeness (QED) is 0.530. The number of aliphatic imine (C=N–C) groups is 1. The molecule has 1 aromatic rings. The number of hydrogen-bond donors (Lipinski definition) is 2. The van der Waals surface area contributed by atoms with Gasteiger partial charge in [0.1, 0.15) is 0 Å². The lowest BCUT2D eigenvalue weighted by molar-refractivity contribution is 0.138. The van der Waals surface area contributed by atoms with E-state index >= 15 is 0 Å². The summed E-state index contributed by atoms with van der Waals surface area (Å²) in [6.45, 7) is 4.86. The van der Waals surface area contributed by atoms with E-state index in [1.54, 1.807) is 7.11 Å². The number of methoxy groups -OCH3 is 1. The average Bonchev–Trinajstić information content (AvgIpc) is 3.26. The summed E-state index contributed by atoms with van der Waals surface area (Å²) in [4.78, 5) is 10.2. The Labute approximate surface area is 150 Å². The molecule has 0 amide bonds. The predicted molar refractivity (Wildman–Crippen MR) is 102 cm³/mol. The number of ether oxygens (including phenoxy) is 1. The van der Waals surface area contributed by atoms with Crippen LogP contribution in [0.3, 0.4) is 0 Å². The van der Waals surface area contributed by atoms with Gasteiger partial charge in [-0.1, -0.05) is 19.8 Å². The van der Waals surface area contributed by atoms with E-state index < -0.39 is 0 Å². The van der Waals surface area contributed by atoms with Gasteiger partial charge in [-0.25, -0.2) is 4.98 Å². The van der Waals surface area contributed by atoms with E-state index in [0.717, 1.165) is 44.9 Å². The van der Waals surface area contributed by atoms with Gasteiger partial charge in [-0.05, 0) is 31.1 Å². The first-order valence-corrected chi connectivity index (χ1v) is 9.90. The standard InChI is InChI=1S/C18H32N4OS/c1-4-15-13-21-16(24-15)7-11-20-17(19-2)22-14-18(10-12-23-3)8-5-6-9-18/h13H,4-12,14H2,1-3H3,(H2,19,20,22). The minimum Gasteiger partial charge on any atom is -0.385 e. The monoisotopic (exact) mass is 352 g/mol. The summed E-state index contributed by atoms with van der Waals surface area (Å²) in [6.07, 6.45) is 10.4. The van der Waals surface area contributed by atoms with Gasteiger partial charge in [0.05, 0.1) is 5.01 Å². The second kappa shape index (κ2) is 9.99. The van der Waals surface area contributed by atoms with Crippen molar-refractivity contribution in [3.63, 3.8) is 0 Å². The van der Waals surface area contributed by atoms with Gasteiger partial charge >= 0.3 is 0 Å². The second-order valence-electron chi connectivity index (χ2n) is 6.63. The molecule has 0 saturated heterocycles. The van der Waals surface area contributed by atoms with Crippen molar-refractivity contribution in [1.29, 1.82) is 0 Å². The van der Waals surface area contributed by atoms with Crippen LogP contribution in [-0.4, -0.2) is 44.8 Å². The van der Waals surface area contributed by atoms with Crippen molar-refractivity contribution >= 4 is 17.3 Å². The molecule has 0 bridgehead atoms. The number of nitrogens with one attached hydrogen (secondary N) is 2. The molecule has 0 spiro atoms. The molecule has 136 valence electrons. The lowest BCUT2D eigenvalue weighted by Gasteiger charge is -2.29. The number of rotatable bonds is 9. The van der Waals surface area contributed by atoms with E-state index in [2.05, 4.69) is 27.5 Å². The maximum atomic E-state index is 5.31. The molecule has 1 fully saturated rings. The Hall–Kier alpha value is -1.14. The third kappa shape index (κ3) is 5.74. The summed E-state index contributed by atoms with van der Waals surface area (Å²) in [5.41, 5.74) is 0.374. The Kier molecular flexibility index (Phi) is 7.99. The van der Waals surface area contributed by atoms with E-state index in [1.807, 2.05) is 24.6 Å². The molecule has 1 heterocycles. The van der Waals surface area contributed by atoms with Gasteiger partial charge in [-0.15, -0.1) is 11.3 Å². The second-order valence-corrected chi connectivity index (χ2v) is 7.83. The van der Waals surface area contributed by atoms with Gasteiger partial charge in [0, 0.05) is 51.3 Å². The summed E-state index contributed by atoms with van der Waals surface area (Å²) in [6, 6.07) is 0. The van der Waals surface area contributed by atoms with Gasteiger partial charge in [-0.2, -0.15) is 0 Å². The molecule has 0 unspecified atom stereocenters. The van der Waals surface area contributed by atoms with Crippen LogP contribution >= 0.6 is 11.3 Å². The summed E-state index contributed by atoms with van der Waals surface area (Å²) in [7, 11) is 3.63. The van der Waals surface area contributed by atoms with Gasteiger partial charge in [-0.3, -0.25) is 4.99 Å². The predicted octanol–water partition coefficient (Wildman–Crippen LogP) is 3.01. The smallest absolute Gasteiger partial charge is 0.191 e. The first-order chi connectivity index (χ1) is 11.7. The molecular formula is C18H32N4OS. The van der Waals surface area contributed by atoms with Crippen LogP contribution in [-0.2, 0) is 17.6 Å². The van der Waals surface area contributed by atoms with Crippen molar-refractivity contribution in [3.05, 3.63) is 16.1 Å². The molecule has 1 saturated carbocycles. The summed E-state index contributed by atoms with van der Waals surface area (Å²) < 4.78 is 5.31. The Bertz CT molecular complexity index is 509. The lowest BCUT2D eigenvalue weighted by atomic mass is 9.83. The highest BCUT2D eigenvalue weighted by Gasteiger charge is 2.33. The molecule has 0 aliphatic heterocycles. The third-order valence-corrected chi connectivity index (χ3v) is 6.14. The van der Waals surface area contributed by atoms with Crippen LogP contribution in [0.1, 0.15) is 48.9 Å². The van der Waals surface area contributed by atoms with Gasteiger partial charge in [0.15, 0.2) is 5.96 Å². The number of hydrogen-bond acceptors (Lipinski definition) is 4. The fourth-order valence-electron chi connectivity index (χ4n) is 3.37. The fourth-order valence-corrected chi connectivity index (χ4v) is 4.23. The maximum Gasteiger partial charge on any atom is 0.191 e. The summed E-state index contributed by atoms with van der Waals surface area (Å²) in [5, 5.41) is 8.14. The number of aryl methyl sites for hydroxylation is 1. The molecule has 1 aliphatic rings. The van der Waals surface area contributed by atoms with Crippen LogP contribution in [0.5, 0.6) is 0 Å². The largest absolute Gasteiger partial charge is 0.385 e. The van der Waals surface area contributed by atoms with E-state index in [1.165, 1.54) is 35.6 Å². The first kappa shape index (κ1) is 19.2. The van der Waals surface area contributed by atoms with Crippen molar-refractivity contribution in [2.75, 3.05) is 33.9 Å². The molecule has 0 aromatic carbocycles. The molecule has 0 atom stereocenters. The highest BCUT2D eigenvalue weighted by Crippen LogP contribution is 2.40. The normalized spacial score (nSPS) is 17.2. The lowest BCUT2D eigenvalue weighted by Crippen LogP contribution is -2.43. The molecule has 0 radical (unpaired) electrons. The molecule has 1 aromatic heterocycles. The molecular weight excluding hydrogens is 320 g/mol. The van der Waals surface area contributed by atoms with Crippen LogP contribution in [0, 0.1) is 5.41 Å². The zero-order valence-corrected chi connectivity index (χ0v) is 16.2. The van der Waals surface area contributed by atoms with Crippen LogP contribution in [0.4, 0.5) is 0 Å². The SMILES string of the molecule is CCc1cnc(CCNC(=NC)NCC2(CCOC)CCCC2)s1. The number of aromatic nitrogens is 1. The van der Waals surface area contributed by atoms with E-state index in [-0.39, 0.29) is 0 Å². The molecule has 5 nitrogen and oxygen atoms in total. The Morgan fingerprint density at radius 1 is 1.38 bits per heavy atom. The molecule has 2 rings (SSSR count). The third-order valence-electron chi connectivity index (χ3n) is 4.94. The summed E-state index contributed by atoms with van der Waals surface area (Å²) >= 11 is 1.81. The minimum absolute atomic E-state index is 0.374. The fraction of sp³-hybridized carbons (Fsp3) is 0.778. The van der Waals surface area contributed by atoms with E-state index in [4.69, 9.17) is 4.74 Å². The van der Waals surface area contributed by atoms with E-state index in [0.29, 0.717) is 5.41 Å². The summed E-state index contributed by atoms with van der Waals surface area (Å²) in [5.74, 6) is 0.894. The van der Waals surface area contributed by atoms with Crippen LogP contribution in [0.15, 0.2) is 11.2 Å². The van der Waals surface area contributed by atoms with Crippen LogP contribution in [0.2, 0.25) is 0 Å². The zero-order valence-electron chi connectivity index (χ0n) is 15.4. The van der Waals surface area contributed by atoms with Crippen molar-refractivity contribution < 1.29 is 4.74 Å². The van der Waals surface area contributed by atoms with Crippen molar-refractivity contribution in [3.8, 4) is 0 Å². The Balaban J connectivity index is 1.75. The highest BCUT2D eigenvalue weighted by atomic mass is 32.1. The molecule has 6 heteroatoms. The molecule has 2 N–H and O–H groups in total. The highest BCUT2D eigenvalue weighted by molar-refractivity contribution is 7.11. The van der Waals surface area contributed by atoms with Crippen LogP contribution in [0.25, 0.3) is 0 Å². The van der Waals surface area contributed by atoms with Crippen molar-refractivity contribution in [2.24, 2.45) is 10.4 Å².